The SMILES string of the molecule is Cc1ccc(CCC(=O)NC2(CN)CCC2)cc1. The molecule has 2 rings (SSSR count). The summed E-state index contributed by atoms with van der Waals surface area (Å²) in [7, 11) is 0. The third-order valence-electron chi connectivity index (χ3n) is 3.87. The quantitative estimate of drug-likeness (QED) is 0.834. The Bertz CT molecular complexity index is 401. The van der Waals surface area contributed by atoms with Crippen LogP contribution in [0.25, 0.3) is 0 Å². The van der Waals surface area contributed by atoms with E-state index in [9.17, 15) is 4.79 Å². The Morgan fingerprint density at radius 1 is 1.33 bits per heavy atom. The van der Waals surface area contributed by atoms with Crippen molar-refractivity contribution in [3.05, 3.63) is 35.4 Å². The number of amides is 1. The lowest BCUT2D eigenvalue weighted by Crippen LogP contribution is -2.58. The maximum Gasteiger partial charge on any atom is 0.220 e. The number of carbonyl (C=O) groups excluding carboxylic acids is 1. The second-order valence-corrected chi connectivity index (χ2v) is 5.37. The average Bonchev–Trinajstić information content (AvgIpc) is 2.33. The van der Waals surface area contributed by atoms with Crippen LogP contribution in [0.15, 0.2) is 24.3 Å². The molecule has 0 saturated heterocycles. The molecule has 3 N–H and O–H groups in total. The minimum atomic E-state index is -0.0929. The van der Waals surface area contributed by atoms with Gasteiger partial charge < -0.3 is 11.1 Å². The number of rotatable bonds is 5. The molecule has 1 aliphatic carbocycles. The van der Waals surface area contributed by atoms with Gasteiger partial charge in [0.1, 0.15) is 0 Å². The lowest BCUT2D eigenvalue weighted by molar-refractivity contribution is -0.123. The zero-order valence-electron chi connectivity index (χ0n) is 11.0. The van der Waals surface area contributed by atoms with Gasteiger partial charge in [0.05, 0.1) is 5.54 Å². The Kier molecular flexibility index (Phi) is 4.02. The Morgan fingerprint density at radius 3 is 2.50 bits per heavy atom. The van der Waals surface area contributed by atoms with Crippen molar-refractivity contribution in [2.75, 3.05) is 6.54 Å². The molecule has 0 atom stereocenters. The molecule has 1 amide bonds. The normalized spacial score (nSPS) is 17.0. The molecule has 1 fully saturated rings. The lowest BCUT2D eigenvalue weighted by atomic mass is 9.76. The van der Waals surface area contributed by atoms with E-state index in [0.717, 1.165) is 19.3 Å². The van der Waals surface area contributed by atoms with Gasteiger partial charge in [0.25, 0.3) is 0 Å². The minimum absolute atomic E-state index is 0.0929. The molecule has 3 nitrogen and oxygen atoms in total. The highest BCUT2D eigenvalue weighted by atomic mass is 16.1. The van der Waals surface area contributed by atoms with E-state index in [2.05, 4.69) is 36.5 Å². The molecule has 0 unspecified atom stereocenters. The fraction of sp³-hybridized carbons (Fsp3) is 0.533. The van der Waals surface area contributed by atoms with E-state index in [4.69, 9.17) is 5.73 Å². The van der Waals surface area contributed by atoms with E-state index in [-0.39, 0.29) is 11.4 Å². The first-order chi connectivity index (χ1) is 8.63. The van der Waals surface area contributed by atoms with Crippen molar-refractivity contribution in [1.29, 1.82) is 0 Å². The van der Waals surface area contributed by atoms with Crippen molar-refractivity contribution in [2.24, 2.45) is 5.73 Å². The van der Waals surface area contributed by atoms with Crippen LogP contribution in [0.3, 0.4) is 0 Å². The van der Waals surface area contributed by atoms with E-state index in [0.29, 0.717) is 13.0 Å². The van der Waals surface area contributed by atoms with Crippen LogP contribution in [0, 0.1) is 6.92 Å². The van der Waals surface area contributed by atoms with E-state index >= 15 is 0 Å². The van der Waals surface area contributed by atoms with Gasteiger partial charge >= 0.3 is 0 Å². The van der Waals surface area contributed by atoms with Gasteiger partial charge in [-0.3, -0.25) is 4.79 Å². The molecule has 0 aromatic heterocycles. The fourth-order valence-corrected chi connectivity index (χ4v) is 2.35. The summed E-state index contributed by atoms with van der Waals surface area (Å²) < 4.78 is 0. The third kappa shape index (κ3) is 3.10. The van der Waals surface area contributed by atoms with Crippen LogP contribution in [0.5, 0.6) is 0 Å². The maximum atomic E-state index is 11.9. The average molecular weight is 246 g/mol. The predicted molar refractivity (Wildman–Crippen MR) is 73.3 cm³/mol. The summed E-state index contributed by atoms with van der Waals surface area (Å²) in [4.78, 5) is 11.9. The monoisotopic (exact) mass is 246 g/mol. The van der Waals surface area contributed by atoms with E-state index in [1.807, 2.05) is 0 Å². The molecule has 98 valence electrons. The number of nitrogens with one attached hydrogen (secondary N) is 1. The van der Waals surface area contributed by atoms with Gasteiger partial charge in [0.2, 0.25) is 5.91 Å². The number of benzene rings is 1. The molecule has 0 aliphatic heterocycles. The molecule has 3 heteroatoms. The molecular weight excluding hydrogens is 224 g/mol. The maximum absolute atomic E-state index is 11.9. The summed E-state index contributed by atoms with van der Waals surface area (Å²) in [5.74, 6) is 0.126. The largest absolute Gasteiger partial charge is 0.349 e. The summed E-state index contributed by atoms with van der Waals surface area (Å²) in [6.45, 7) is 2.63. The van der Waals surface area contributed by atoms with Crippen molar-refractivity contribution in [2.45, 2.75) is 44.6 Å². The number of carbonyl (C=O) groups is 1. The van der Waals surface area contributed by atoms with Gasteiger partial charge in [0, 0.05) is 13.0 Å². The fourth-order valence-electron chi connectivity index (χ4n) is 2.35. The standard InChI is InChI=1S/C15H22N2O/c1-12-3-5-13(6-4-12)7-8-14(18)17-15(11-16)9-2-10-15/h3-6H,2,7-11,16H2,1H3,(H,17,18). The van der Waals surface area contributed by atoms with Crippen molar-refractivity contribution >= 4 is 5.91 Å². The van der Waals surface area contributed by atoms with Crippen LogP contribution in [-0.2, 0) is 11.2 Å². The molecule has 1 aromatic rings. The summed E-state index contributed by atoms with van der Waals surface area (Å²) in [6, 6.07) is 8.34. The van der Waals surface area contributed by atoms with Crippen LogP contribution in [0.2, 0.25) is 0 Å². The van der Waals surface area contributed by atoms with Crippen molar-refractivity contribution in [1.82, 2.24) is 5.32 Å². The van der Waals surface area contributed by atoms with Crippen LogP contribution < -0.4 is 11.1 Å². The minimum Gasteiger partial charge on any atom is -0.349 e. The molecule has 0 spiro atoms. The first-order valence-corrected chi connectivity index (χ1v) is 6.70. The third-order valence-corrected chi connectivity index (χ3v) is 3.87. The second-order valence-electron chi connectivity index (χ2n) is 5.37. The highest BCUT2D eigenvalue weighted by molar-refractivity contribution is 5.77. The Hall–Kier alpha value is -1.35. The lowest BCUT2D eigenvalue weighted by Gasteiger charge is -2.41. The van der Waals surface area contributed by atoms with Crippen LogP contribution >= 0.6 is 0 Å². The van der Waals surface area contributed by atoms with Gasteiger partial charge in [-0.15, -0.1) is 0 Å². The molecular formula is C15H22N2O. The summed E-state index contributed by atoms with van der Waals surface area (Å²) in [5.41, 5.74) is 8.10. The Labute approximate surface area is 109 Å². The van der Waals surface area contributed by atoms with Gasteiger partial charge in [-0.2, -0.15) is 0 Å². The first kappa shape index (κ1) is 13.1. The van der Waals surface area contributed by atoms with Crippen molar-refractivity contribution in [3.8, 4) is 0 Å². The van der Waals surface area contributed by atoms with E-state index in [1.165, 1.54) is 17.5 Å². The van der Waals surface area contributed by atoms with Gasteiger partial charge in [0.15, 0.2) is 0 Å². The van der Waals surface area contributed by atoms with Crippen LogP contribution in [0.1, 0.15) is 36.8 Å². The smallest absolute Gasteiger partial charge is 0.220 e. The summed E-state index contributed by atoms with van der Waals surface area (Å²) >= 11 is 0. The van der Waals surface area contributed by atoms with Crippen molar-refractivity contribution < 1.29 is 4.79 Å². The van der Waals surface area contributed by atoms with E-state index in [1.54, 1.807) is 0 Å². The highest BCUT2D eigenvalue weighted by Crippen LogP contribution is 2.30. The summed E-state index contributed by atoms with van der Waals surface area (Å²) in [6.07, 6.45) is 4.58. The second kappa shape index (κ2) is 5.53. The number of hydrogen-bond donors (Lipinski definition) is 2. The number of hydrogen-bond acceptors (Lipinski definition) is 2. The number of nitrogens with two attached hydrogens (primary N) is 1. The summed E-state index contributed by atoms with van der Waals surface area (Å²) in [5, 5.41) is 3.10. The molecule has 1 saturated carbocycles. The van der Waals surface area contributed by atoms with Crippen molar-refractivity contribution in [3.63, 3.8) is 0 Å². The zero-order chi connectivity index (χ0) is 13.0. The molecule has 1 aliphatic rings. The molecule has 18 heavy (non-hydrogen) atoms. The molecule has 0 heterocycles. The Balaban J connectivity index is 1.79. The van der Waals surface area contributed by atoms with Crippen LogP contribution in [0.4, 0.5) is 0 Å². The topological polar surface area (TPSA) is 55.1 Å². The van der Waals surface area contributed by atoms with Crippen LogP contribution in [-0.4, -0.2) is 18.0 Å². The predicted octanol–water partition coefficient (Wildman–Crippen LogP) is 1.93. The van der Waals surface area contributed by atoms with Gasteiger partial charge in [-0.1, -0.05) is 29.8 Å². The highest BCUT2D eigenvalue weighted by Gasteiger charge is 2.36. The number of aryl methyl sites for hydroxylation is 2. The van der Waals surface area contributed by atoms with Gasteiger partial charge in [-0.25, -0.2) is 0 Å². The molecule has 0 radical (unpaired) electrons. The molecule has 1 aromatic carbocycles. The van der Waals surface area contributed by atoms with Gasteiger partial charge in [-0.05, 0) is 38.2 Å². The molecule has 0 bridgehead atoms. The van der Waals surface area contributed by atoms with E-state index < -0.39 is 0 Å². The Morgan fingerprint density at radius 2 is 2.00 bits per heavy atom. The zero-order valence-corrected chi connectivity index (χ0v) is 11.0. The first-order valence-electron chi connectivity index (χ1n) is 6.70.